The molecule has 3 nitrogen and oxygen atoms in total. The molecule has 0 N–H and O–H groups in total. The average Bonchev–Trinajstić information content (AvgIpc) is 3.15. The van der Waals surface area contributed by atoms with Crippen molar-refractivity contribution in [3.05, 3.63) is 97.1 Å². The summed E-state index contributed by atoms with van der Waals surface area (Å²) in [4.78, 5) is 9.85. The summed E-state index contributed by atoms with van der Waals surface area (Å²) < 4.78 is 6.09. The molecular weight excluding hydrogens is 356 g/mol. The SMILES string of the molecule is c1ccc(-c2nc(-c3ccccc3)c3cc4c(cc3n2)oc2ccccc24)cc1. The third-order valence-corrected chi connectivity index (χ3v) is 5.27. The zero-order valence-corrected chi connectivity index (χ0v) is 15.5. The molecule has 0 atom stereocenters. The molecule has 2 aromatic heterocycles. The van der Waals surface area contributed by atoms with Gasteiger partial charge in [-0.2, -0.15) is 0 Å². The first-order valence-corrected chi connectivity index (χ1v) is 9.61. The maximum atomic E-state index is 6.09. The van der Waals surface area contributed by atoms with Gasteiger partial charge in [0.2, 0.25) is 0 Å². The molecule has 6 rings (SSSR count). The van der Waals surface area contributed by atoms with Crippen molar-refractivity contribution < 1.29 is 4.42 Å². The maximum absolute atomic E-state index is 6.09. The summed E-state index contributed by atoms with van der Waals surface area (Å²) in [6.07, 6.45) is 0. The molecule has 2 heterocycles. The Bertz CT molecular complexity index is 1490. The minimum Gasteiger partial charge on any atom is -0.456 e. The molecule has 0 radical (unpaired) electrons. The highest BCUT2D eigenvalue weighted by atomic mass is 16.3. The highest BCUT2D eigenvalue weighted by molar-refractivity contribution is 6.11. The standard InChI is InChI=1S/C26H16N2O/c1-3-9-17(10-4-1)25-21-15-20-19-13-7-8-14-23(19)29-24(20)16-22(21)27-26(28-25)18-11-5-2-6-12-18/h1-16H. The number of para-hydroxylation sites is 1. The van der Waals surface area contributed by atoms with E-state index in [4.69, 9.17) is 14.4 Å². The first-order valence-electron chi connectivity index (χ1n) is 9.61. The Labute approximate surface area is 167 Å². The largest absolute Gasteiger partial charge is 0.456 e. The van der Waals surface area contributed by atoms with Crippen LogP contribution in [0.4, 0.5) is 0 Å². The predicted molar refractivity (Wildman–Crippen MR) is 118 cm³/mol. The van der Waals surface area contributed by atoms with Crippen molar-refractivity contribution in [2.75, 3.05) is 0 Å². The van der Waals surface area contributed by atoms with Crippen LogP contribution in [0.25, 0.3) is 55.5 Å². The quantitative estimate of drug-likeness (QED) is 0.333. The second-order valence-corrected chi connectivity index (χ2v) is 7.09. The Morgan fingerprint density at radius 1 is 0.517 bits per heavy atom. The van der Waals surface area contributed by atoms with Crippen LogP contribution >= 0.6 is 0 Å². The fourth-order valence-corrected chi connectivity index (χ4v) is 3.88. The topological polar surface area (TPSA) is 38.9 Å². The minimum absolute atomic E-state index is 0.715. The van der Waals surface area contributed by atoms with Gasteiger partial charge in [0.05, 0.1) is 11.2 Å². The summed E-state index contributed by atoms with van der Waals surface area (Å²) in [5.74, 6) is 0.715. The summed E-state index contributed by atoms with van der Waals surface area (Å²) in [5.41, 5.74) is 5.61. The lowest BCUT2D eigenvalue weighted by Gasteiger charge is -2.09. The van der Waals surface area contributed by atoms with Crippen LogP contribution < -0.4 is 0 Å². The fourth-order valence-electron chi connectivity index (χ4n) is 3.88. The molecule has 29 heavy (non-hydrogen) atoms. The summed E-state index contributed by atoms with van der Waals surface area (Å²) in [7, 11) is 0. The van der Waals surface area contributed by atoms with Crippen LogP contribution in [0.15, 0.2) is 101 Å². The average molecular weight is 372 g/mol. The van der Waals surface area contributed by atoms with Crippen LogP contribution in [0.3, 0.4) is 0 Å². The Morgan fingerprint density at radius 3 is 2.00 bits per heavy atom. The molecule has 0 unspecified atom stereocenters. The van der Waals surface area contributed by atoms with Gasteiger partial charge in [-0.1, -0.05) is 78.9 Å². The summed E-state index contributed by atoms with van der Waals surface area (Å²) in [6, 6.07) is 32.7. The van der Waals surface area contributed by atoms with Crippen LogP contribution in [0.5, 0.6) is 0 Å². The van der Waals surface area contributed by atoms with Gasteiger partial charge in [-0.15, -0.1) is 0 Å². The van der Waals surface area contributed by atoms with Gasteiger partial charge in [-0.3, -0.25) is 0 Å². The van der Waals surface area contributed by atoms with Gasteiger partial charge in [0.25, 0.3) is 0 Å². The van der Waals surface area contributed by atoms with E-state index in [0.717, 1.165) is 49.7 Å². The smallest absolute Gasteiger partial charge is 0.160 e. The monoisotopic (exact) mass is 372 g/mol. The Kier molecular flexibility index (Phi) is 3.47. The van der Waals surface area contributed by atoms with Crippen molar-refractivity contribution in [1.29, 1.82) is 0 Å². The van der Waals surface area contributed by atoms with Crippen LogP contribution in [0.2, 0.25) is 0 Å². The molecule has 0 aliphatic heterocycles. The third kappa shape index (κ3) is 2.59. The van der Waals surface area contributed by atoms with E-state index in [1.165, 1.54) is 0 Å². The Morgan fingerprint density at radius 2 is 1.21 bits per heavy atom. The van der Waals surface area contributed by atoms with Crippen molar-refractivity contribution >= 4 is 32.8 Å². The first-order chi connectivity index (χ1) is 14.4. The number of hydrogen-bond donors (Lipinski definition) is 0. The summed E-state index contributed by atoms with van der Waals surface area (Å²) >= 11 is 0. The lowest BCUT2D eigenvalue weighted by molar-refractivity contribution is 0.669. The van der Waals surface area contributed by atoms with E-state index in [-0.39, 0.29) is 0 Å². The third-order valence-electron chi connectivity index (χ3n) is 5.27. The Hall–Kier alpha value is -3.98. The molecule has 6 aromatic rings. The normalized spacial score (nSPS) is 11.4. The van der Waals surface area contributed by atoms with Crippen molar-refractivity contribution in [3.63, 3.8) is 0 Å². The molecule has 0 aliphatic rings. The Balaban J connectivity index is 1.73. The molecule has 0 fully saturated rings. The van der Waals surface area contributed by atoms with Gasteiger partial charge in [0.1, 0.15) is 11.2 Å². The number of nitrogens with zero attached hydrogens (tertiary/aromatic N) is 2. The molecule has 0 bridgehead atoms. The predicted octanol–water partition coefficient (Wildman–Crippen LogP) is 6.86. The molecule has 0 aliphatic carbocycles. The second kappa shape index (κ2) is 6.28. The van der Waals surface area contributed by atoms with Crippen LogP contribution in [0.1, 0.15) is 0 Å². The van der Waals surface area contributed by atoms with Crippen molar-refractivity contribution in [3.8, 4) is 22.6 Å². The fraction of sp³-hybridized carbons (Fsp3) is 0. The number of hydrogen-bond acceptors (Lipinski definition) is 3. The first kappa shape index (κ1) is 16.0. The molecule has 0 saturated heterocycles. The van der Waals surface area contributed by atoms with Crippen molar-refractivity contribution in [2.45, 2.75) is 0 Å². The van der Waals surface area contributed by atoms with Crippen LogP contribution in [-0.4, -0.2) is 9.97 Å². The lowest BCUT2D eigenvalue weighted by Crippen LogP contribution is -1.95. The van der Waals surface area contributed by atoms with Gasteiger partial charge in [-0.25, -0.2) is 9.97 Å². The highest BCUT2D eigenvalue weighted by Crippen LogP contribution is 2.35. The number of furan rings is 1. The molecular formula is C26H16N2O. The molecule has 0 saturated carbocycles. The van der Waals surface area contributed by atoms with Gasteiger partial charge in [0, 0.05) is 33.4 Å². The summed E-state index contributed by atoms with van der Waals surface area (Å²) in [6.45, 7) is 0. The van der Waals surface area contributed by atoms with Gasteiger partial charge >= 0.3 is 0 Å². The van der Waals surface area contributed by atoms with E-state index in [1.807, 2.05) is 72.8 Å². The van der Waals surface area contributed by atoms with Crippen molar-refractivity contribution in [2.24, 2.45) is 0 Å². The maximum Gasteiger partial charge on any atom is 0.160 e. The van der Waals surface area contributed by atoms with Gasteiger partial charge in [0.15, 0.2) is 5.82 Å². The highest BCUT2D eigenvalue weighted by Gasteiger charge is 2.15. The minimum atomic E-state index is 0.715. The number of aromatic nitrogens is 2. The van der Waals surface area contributed by atoms with Crippen molar-refractivity contribution in [1.82, 2.24) is 9.97 Å². The van der Waals surface area contributed by atoms with E-state index in [0.29, 0.717) is 5.82 Å². The van der Waals surface area contributed by atoms with Crippen LogP contribution in [0, 0.1) is 0 Å². The molecule has 0 spiro atoms. The second-order valence-electron chi connectivity index (χ2n) is 7.09. The number of rotatable bonds is 2. The zero-order valence-electron chi connectivity index (χ0n) is 15.5. The lowest BCUT2D eigenvalue weighted by atomic mass is 10.0. The van der Waals surface area contributed by atoms with E-state index in [9.17, 15) is 0 Å². The van der Waals surface area contributed by atoms with Gasteiger partial charge in [-0.05, 0) is 12.1 Å². The van der Waals surface area contributed by atoms with E-state index < -0.39 is 0 Å². The van der Waals surface area contributed by atoms with E-state index in [2.05, 4.69) is 24.3 Å². The number of benzene rings is 4. The molecule has 3 heteroatoms. The zero-order chi connectivity index (χ0) is 19.2. The van der Waals surface area contributed by atoms with Crippen LogP contribution in [-0.2, 0) is 0 Å². The van der Waals surface area contributed by atoms with E-state index in [1.54, 1.807) is 0 Å². The summed E-state index contributed by atoms with van der Waals surface area (Å²) in [5, 5.41) is 3.21. The molecule has 0 amide bonds. The molecule has 4 aromatic carbocycles. The van der Waals surface area contributed by atoms with Gasteiger partial charge < -0.3 is 4.42 Å². The van der Waals surface area contributed by atoms with E-state index >= 15 is 0 Å². The number of fused-ring (bicyclic) bond motifs is 4. The molecule has 136 valence electrons.